The van der Waals surface area contributed by atoms with E-state index < -0.39 is 0 Å². The number of hydrogen-bond acceptors (Lipinski definition) is 4. The standard InChI is InChI=1S/C49H35N3O/c1-49(32-17-6-3-7-18-32)39-24-12-10-21-35(39)45-40(49)28-27-31-29-38(33-19-8-9-20-34(33)43(31)45)48-51-46(30-15-4-2-5-16-30)50-47(52-48)37-23-14-26-42-44(37)36-22-11-13-25-41(36)53-42/h2-28,36,38,41H,29H2,1H3. The molecule has 4 aliphatic rings. The number of nitrogens with zero attached hydrogens (tertiary/aromatic N) is 3. The van der Waals surface area contributed by atoms with Crippen LogP contribution in [0.3, 0.4) is 0 Å². The van der Waals surface area contributed by atoms with Crippen LogP contribution < -0.4 is 4.74 Å². The van der Waals surface area contributed by atoms with Crippen molar-refractivity contribution in [2.75, 3.05) is 0 Å². The third-order valence-electron chi connectivity index (χ3n) is 11.9. The zero-order valence-corrected chi connectivity index (χ0v) is 29.3. The Kier molecular flexibility index (Phi) is 6.60. The SMILES string of the molecule is CC1(c2ccccc2)c2ccccc2-c2c1ccc1c2-c2ccccc2C(c2nc(-c3ccccc3)nc(-c3cccc4c3C3C=CC=CC3O4)n2)C1. The van der Waals surface area contributed by atoms with E-state index in [1.54, 1.807) is 0 Å². The molecule has 0 saturated heterocycles. The molecule has 11 rings (SSSR count). The fraction of sp³-hybridized carbons (Fsp3) is 0.122. The molecule has 4 unspecified atom stereocenters. The quantitative estimate of drug-likeness (QED) is 0.186. The normalized spacial score (nSPS) is 21.1. The molecule has 0 bridgehead atoms. The second kappa shape index (κ2) is 11.6. The van der Waals surface area contributed by atoms with Gasteiger partial charge in [0.1, 0.15) is 17.7 Å². The third-order valence-corrected chi connectivity index (χ3v) is 11.9. The van der Waals surface area contributed by atoms with Crippen LogP contribution in [-0.2, 0) is 11.8 Å². The maximum Gasteiger partial charge on any atom is 0.164 e. The number of allylic oxidation sites excluding steroid dienone is 2. The Morgan fingerprint density at radius 2 is 1.30 bits per heavy atom. The molecule has 4 nitrogen and oxygen atoms in total. The summed E-state index contributed by atoms with van der Waals surface area (Å²) >= 11 is 0. The Hall–Kier alpha value is -6.39. The van der Waals surface area contributed by atoms with Gasteiger partial charge in [0.15, 0.2) is 11.6 Å². The molecular formula is C49H35N3O. The van der Waals surface area contributed by atoms with Crippen LogP contribution in [0.2, 0.25) is 0 Å². The second-order valence-electron chi connectivity index (χ2n) is 14.7. The molecule has 4 heteroatoms. The van der Waals surface area contributed by atoms with Gasteiger partial charge in [0.05, 0.1) is 0 Å². The molecule has 2 heterocycles. The van der Waals surface area contributed by atoms with Crippen LogP contribution in [0.1, 0.15) is 58.0 Å². The van der Waals surface area contributed by atoms with E-state index in [2.05, 4.69) is 153 Å². The van der Waals surface area contributed by atoms with Crippen molar-refractivity contribution in [1.82, 2.24) is 15.0 Å². The fourth-order valence-corrected chi connectivity index (χ4v) is 9.45. The van der Waals surface area contributed by atoms with Gasteiger partial charge in [-0.05, 0) is 75.6 Å². The first-order valence-electron chi connectivity index (χ1n) is 18.5. The summed E-state index contributed by atoms with van der Waals surface area (Å²) in [5.41, 5.74) is 14.7. The maximum atomic E-state index is 6.42. The summed E-state index contributed by atoms with van der Waals surface area (Å²) in [6.07, 6.45) is 9.30. The Bertz CT molecular complexity index is 2660. The summed E-state index contributed by atoms with van der Waals surface area (Å²) in [5, 5.41) is 0. The van der Waals surface area contributed by atoms with E-state index in [1.807, 2.05) is 18.2 Å². The van der Waals surface area contributed by atoms with Gasteiger partial charge in [-0.15, -0.1) is 0 Å². The average molecular weight is 682 g/mol. The Labute approximate surface area is 309 Å². The molecule has 1 aromatic heterocycles. The summed E-state index contributed by atoms with van der Waals surface area (Å²) in [7, 11) is 0. The van der Waals surface area contributed by atoms with Crippen LogP contribution in [0.4, 0.5) is 0 Å². The lowest BCUT2D eigenvalue weighted by Crippen LogP contribution is -2.23. The molecule has 7 aromatic rings. The van der Waals surface area contributed by atoms with E-state index in [4.69, 9.17) is 19.7 Å². The minimum Gasteiger partial charge on any atom is -0.485 e. The number of rotatable bonds is 4. The Morgan fingerprint density at radius 1 is 0.585 bits per heavy atom. The van der Waals surface area contributed by atoms with Crippen molar-refractivity contribution >= 4 is 0 Å². The molecule has 0 saturated carbocycles. The first kappa shape index (κ1) is 30.3. The molecule has 3 aliphatic carbocycles. The molecule has 252 valence electrons. The Morgan fingerprint density at radius 3 is 2.17 bits per heavy atom. The lowest BCUT2D eigenvalue weighted by Gasteiger charge is -2.31. The number of aromatic nitrogens is 3. The maximum absolute atomic E-state index is 6.42. The number of fused-ring (bicyclic) bond motifs is 10. The molecular weight excluding hydrogens is 647 g/mol. The van der Waals surface area contributed by atoms with Gasteiger partial charge < -0.3 is 4.74 Å². The van der Waals surface area contributed by atoms with Gasteiger partial charge in [-0.25, -0.2) is 15.0 Å². The van der Waals surface area contributed by atoms with E-state index in [-0.39, 0.29) is 23.4 Å². The first-order valence-corrected chi connectivity index (χ1v) is 18.5. The molecule has 53 heavy (non-hydrogen) atoms. The van der Waals surface area contributed by atoms with Crippen molar-refractivity contribution in [1.29, 1.82) is 0 Å². The molecule has 0 spiro atoms. The lowest BCUT2D eigenvalue weighted by molar-refractivity contribution is 0.269. The molecule has 0 radical (unpaired) electrons. The van der Waals surface area contributed by atoms with Crippen molar-refractivity contribution in [3.8, 4) is 50.8 Å². The molecule has 0 fully saturated rings. The van der Waals surface area contributed by atoms with Crippen molar-refractivity contribution in [3.05, 3.63) is 203 Å². The van der Waals surface area contributed by atoms with E-state index in [0.717, 1.165) is 34.7 Å². The highest BCUT2D eigenvalue weighted by molar-refractivity contribution is 5.97. The van der Waals surface area contributed by atoms with Crippen LogP contribution >= 0.6 is 0 Å². The molecule has 4 atom stereocenters. The van der Waals surface area contributed by atoms with Crippen molar-refractivity contribution in [3.63, 3.8) is 0 Å². The average Bonchev–Trinajstić information content (AvgIpc) is 3.74. The van der Waals surface area contributed by atoms with E-state index in [0.29, 0.717) is 11.6 Å². The van der Waals surface area contributed by atoms with Crippen LogP contribution in [0.25, 0.3) is 45.0 Å². The van der Waals surface area contributed by atoms with Crippen molar-refractivity contribution in [2.24, 2.45) is 0 Å². The van der Waals surface area contributed by atoms with E-state index in [9.17, 15) is 0 Å². The highest BCUT2D eigenvalue weighted by Gasteiger charge is 2.44. The van der Waals surface area contributed by atoms with Crippen molar-refractivity contribution < 1.29 is 4.74 Å². The van der Waals surface area contributed by atoms with Gasteiger partial charge in [0.2, 0.25) is 0 Å². The topological polar surface area (TPSA) is 47.9 Å². The summed E-state index contributed by atoms with van der Waals surface area (Å²) in [6, 6.07) is 50.2. The van der Waals surface area contributed by atoms with Gasteiger partial charge in [-0.3, -0.25) is 0 Å². The van der Waals surface area contributed by atoms with Crippen LogP contribution in [-0.4, -0.2) is 21.1 Å². The fourth-order valence-electron chi connectivity index (χ4n) is 9.45. The molecule has 0 amide bonds. The largest absolute Gasteiger partial charge is 0.485 e. The zero-order chi connectivity index (χ0) is 35.1. The van der Waals surface area contributed by atoms with Gasteiger partial charge in [-0.1, -0.05) is 152 Å². The first-order chi connectivity index (χ1) is 26.2. The predicted octanol–water partition coefficient (Wildman–Crippen LogP) is 10.9. The highest BCUT2D eigenvalue weighted by Crippen LogP contribution is 2.58. The van der Waals surface area contributed by atoms with Gasteiger partial charge in [0, 0.05) is 33.9 Å². The summed E-state index contributed by atoms with van der Waals surface area (Å²) in [6.45, 7) is 2.39. The summed E-state index contributed by atoms with van der Waals surface area (Å²) < 4.78 is 6.42. The zero-order valence-electron chi connectivity index (χ0n) is 29.3. The molecule has 6 aromatic carbocycles. The number of benzene rings is 6. The monoisotopic (exact) mass is 681 g/mol. The van der Waals surface area contributed by atoms with Gasteiger partial charge in [0.25, 0.3) is 0 Å². The van der Waals surface area contributed by atoms with Gasteiger partial charge >= 0.3 is 0 Å². The van der Waals surface area contributed by atoms with Crippen LogP contribution in [0, 0.1) is 0 Å². The summed E-state index contributed by atoms with van der Waals surface area (Å²) in [4.78, 5) is 15.9. The minimum absolute atomic E-state index is 0.0246. The number of hydrogen-bond donors (Lipinski definition) is 0. The second-order valence-corrected chi connectivity index (χ2v) is 14.7. The van der Waals surface area contributed by atoms with Crippen LogP contribution in [0.5, 0.6) is 5.75 Å². The lowest BCUT2D eigenvalue weighted by atomic mass is 9.72. The molecule has 0 N–H and O–H groups in total. The predicted molar refractivity (Wildman–Crippen MR) is 211 cm³/mol. The van der Waals surface area contributed by atoms with Gasteiger partial charge in [-0.2, -0.15) is 0 Å². The molecule has 1 aliphatic heterocycles. The number of ether oxygens (including phenoxy) is 1. The summed E-state index contributed by atoms with van der Waals surface area (Å²) in [5.74, 6) is 3.10. The van der Waals surface area contributed by atoms with Crippen molar-refractivity contribution in [2.45, 2.75) is 36.7 Å². The van der Waals surface area contributed by atoms with E-state index >= 15 is 0 Å². The van der Waals surface area contributed by atoms with Crippen LogP contribution in [0.15, 0.2) is 164 Å². The third kappa shape index (κ3) is 4.45. The Balaban J connectivity index is 1.11. The highest BCUT2D eigenvalue weighted by atomic mass is 16.5. The minimum atomic E-state index is -0.260. The smallest absolute Gasteiger partial charge is 0.164 e. The van der Waals surface area contributed by atoms with E-state index in [1.165, 1.54) is 50.1 Å².